The van der Waals surface area contributed by atoms with Crippen molar-refractivity contribution in [2.24, 2.45) is 0 Å². The van der Waals surface area contributed by atoms with Gasteiger partial charge in [-0.3, -0.25) is 10.1 Å². The van der Waals surface area contributed by atoms with E-state index in [0.717, 1.165) is 25.0 Å². The molecule has 2 rings (SSSR count). The Kier molecular flexibility index (Phi) is 2.45. The quantitative estimate of drug-likeness (QED) is 0.417. The van der Waals surface area contributed by atoms with Crippen LogP contribution in [0.15, 0.2) is 24.3 Å². The van der Waals surface area contributed by atoms with E-state index in [9.17, 15) is 10.1 Å². The highest BCUT2D eigenvalue weighted by Crippen LogP contribution is 2.19. The van der Waals surface area contributed by atoms with Gasteiger partial charge in [0.2, 0.25) is 0 Å². The molecule has 1 saturated heterocycles. The highest BCUT2D eigenvalue weighted by molar-refractivity contribution is 5.34. The largest absolute Gasteiger partial charge is 0.373 e. The third-order valence-electron chi connectivity index (χ3n) is 2.28. The number of nitro benzene ring substituents is 1. The Morgan fingerprint density at radius 2 is 2.36 bits per heavy atom. The number of nitrogens with zero attached hydrogens (tertiary/aromatic N) is 1. The van der Waals surface area contributed by atoms with E-state index in [1.54, 1.807) is 12.1 Å². The second-order valence-electron chi connectivity index (χ2n) is 3.42. The Hall–Kier alpha value is -1.42. The molecular weight excluding hydrogens is 182 g/mol. The van der Waals surface area contributed by atoms with Crippen molar-refractivity contribution in [3.05, 3.63) is 39.9 Å². The molecule has 1 aromatic carbocycles. The average molecular weight is 193 g/mol. The van der Waals surface area contributed by atoms with Crippen LogP contribution in [0.4, 0.5) is 5.69 Å². The van der Waals surface area contributed by atoms with E-state index in [1.165, 1.54) is 6.07 Å². The van der Waals surface area contributed by atoms with Gasteiger partial charge in [0.05, 0.1) is 17.6 Å². The summed E-state index contributed by atoms with van der Waals surface area (Å²) in [5.41, 5.74) is 1.17. The Bertz CT molecular complexity index is 347. The molecule has 1 aliphatic rings. The van der Waals surface area contributed by atoms with Crippen LogP contribution in [0.2, 0.25) is 0 Å². The fourth-order valence-corrected chi connectivity index (χ4v) is 1.39. The molecule has 0 saturated carbocycles. The summed E-state index contributed by atoms with van der Waals surface area (Å²) in [4.78, 5) is 10.1. The fourth-order valence-electron chi connectivity index (χ4n) is 1.39. The lowest BCUT2D eigenvalue weighted by atomic mass is 10.1. The van der Waals surface area contributed by atoms with Crippen LogP contribution in [0.1, 0.15) is 12.0 Å². The van der Waals surface area contributed by atoms with Crippen molar-refractivity contribution in [3.63, 3.8) is 0 Å². The van der Waals surface area contributed by atoms with Crippen LogP contribution >= 0.6 is 0 Å². The zero-order chi connectivity index (χ0) is 9.97. The highest BCUT2D eigenvalue weighted by Gasteiger charge is 2.21. The van der Waals surface area contributed by atoms with Crippen LogP contribution in [0.5, 0.6) is 0 Å². The first-order valence-electron chi connectivity index (χ1n) is 4.60. The van der Waals surface area contributed by atoms with E-state index in [1.807, 2.05) is 6.07 Å². The number of hydrogen-bond acceptors (Lipinski definition) is 3. The van der Waals surface area contributed by atoms with E-state index in [0.29, 0.717) is 6.10 Å². The summed E-state index contributed by atoms with van der Waals surface area (Å²) in [5.74, 6) is 0. The van der Waals surface area contributed by atoms with Gasteiger partial charge < -0.3 is 4.74 Å². The Labute approximate surface area is 81.7 Å². The number of hydrogen-bond donors (Lipinski definition) is 0. The summed E-state index contributed by atoms with van der Waals surface area (Å²) < 4.78 is 5.07. The zero-order valence-electron chi connectivity index (χ0n) is 7.68. The molecule has 4 nitrogen and oxygen atoms in total. The number of aryl methyl sites for hydroxylation is 1. The lowest BCUT2D eigenvalue weighted by Gasteiger charge is -1.98. The molecule has 0 aliphatic carbocycles. The maximum Gasteiger partial charge on any atom is 0.269 e. The van der Waals surface area contributed by atoms with Gasteiger partial charge in [-0.1, -0.05) is 12.1 Å². The Morgan fingerprint density at radius 3 is 3.00 bits per heavy atom. The molecule has 0 N–H and O–H groups in total. The van der Waals surface area contributed by atoms with Crippen molar-refractivity contribution in [2.75, 3.05) is 6.61 Å². The van der Waals surface area contributed by atoms with Crippen molar-refractivity contribution >= 4 is 5.69 Å². The monoisotopic (exact) mass is 193 g/mol. The Morgan fingerprint density at radius 1 is 1.57 bits per heavy atom. The summed E-state index contributed by atoms with van der Waals surface area (Å²) in [6, 6.07) is 6.77. The smallest absolute Gasteiger partial charge is 0.269 e. The maximum absolute atomic E-state index is 10.5. The molecule has 4 heteroatoms. The molecule has 14 heavy (non-hydrogen) atoms. The molecular formula is C10H11NO3. The number of benzene rings is 1. The molecule has 0 amide bonds. The van der Waals surface area contributed by atoms with Gasteiger partial charge in [-0.15, -0.1) is 0 Å². The molecule has 0 radical (unpaired) electrons. The van der Waals surface area contributed by atoms with Gasteiger partial charge >= 0.3 is 0 Å². The summed E-state index contributed by atoms with van der Waals surface area (Å²) in [5, 5.41) is 10.5. The predicted octanol–water partition coefficient (Wildman–Crippen LogP) is 1.93. The van der Waals surface area contributed by atoms with Crippen LogP contribution in [0.25, 0.3) is 0 Å². The summed E-state index contributed by atoms with van der Waals surface area (Å²) in [6.45, 7) is 0.842. The zero-order valence-corrected chi connectivity index (χ0v) is 7.68. The highest BCUT2D eigenvalue weighted by atomic mass is 16.6. The van der Waals surface area contributed by atoms with Gasteiger partial charge in [-0.05, 0) is 18.4 Å². The predicted molar refractivity (Wildman–Crippen MR) is 51.2 cm³/mol. The molecule has 74 valence electrons. The minimum absolute atomic E-state index is 0.166. The van der Waals surface area contributed by atoms with Crippen molar-refractivity contribution in [3.8, 4) is 0 Å². The number of ether oxygens (including phenoxy) is 1. The second kappa shape index (κ2) is 3.75. The molecule has 1 fully saturated rings. The normalized spacial score (nSPS) is 19.3. The minimum atomic E-state index is -0.364. The maximum atomic E-state index is 10.5. The van der Waals surface area contributed by atoms with Gasteiger partial charge in [0.1, 0.15) is 0 Å². The molecule has 1 atom stereocenters. The first-order valence-corrected chi connectivity index (χ1v) is 4.60. The van der Waals surface area contributed by atoms with Gasteiger partial charge in [0.15, 0.2) is 0 Å². The first-order chi connectivity index (χ1) is 6.75. The standard InChI is InChI=1S/C10H11NO3/c12-11(13)9-3-1-2-8(6-9)4-5-10-7-14-10/h1-3,6,10H,4-5,7H2/t10-/m1/s1. The summed E-state index contributed by atoms with van der Waals surface area (Å²) >= 11 is 0. The molecule has 1 aromatic rings. The van der Waals surface area contributed by atoms with Crippen LogP contribution in [-0.2, 0) is 11.2 Å². The number of nitro groups is 1. The summed E-state index contributed by atoms with van der Waals surface area (Å²) in [7, 11) is 0. The van der Waals surface area contributed by atoms with E-state index in [-0.39, 0.29) is 10.6 Å². The first kappa shape index (κ1) is 9.15. The number of non-ortho nitro benzene ring substituents is 1. The molecule has 0 spiro atoms. The SMILES string of the molecule is O=[N+]([O-])c1cccc(CC[C@@H]2CO2)c1. The van der Waals surface area contributed by atoms with Gasteiger partial charge in [-0.25, -0.2) is 0 Å². The molecule has 1 aliphatic heterocycles. The Balaban J connectivity index is 2.01. The molecule has 0 aromatic heterocycles. The molecule has 0 bridgehead atoms. The topological polar surface area (TPSA) is 55.7 Å². The third kappa shape index (κ3) is 2.29. The van der Waals surface area contributed by atoms with Gasteiger partial charge in [-0.2, -0.15) is 0 Å². The molecule has 0 unspecified atom stereocenters. The third-order valence-corrected chi connectivity index (χ3v) is 2.28. The van der Waals surface area contributed by atoms with Crippen LogP contribution < -0.4 is 0 Å². The van der Waals surface area contributed by atoms with E-state index in [4.69, 9.17) is 4.74 Å². The van der Waals surface area contributed by atoms with E-state index >= 15 is 0 Å². The van der Waals surface area contributed by atoms with Crippen molar-refractivity contribution < 1.29 is 9.66 Å². The van der Waals surface area contributed by atoms with Gasteiger partial charge in [0.25, 0.3) is 5.69 Å². The van der Waals surface area contributed by atoms with Crippen LogP contribution in [0.3, 0.4) is 0 Å². The summed E-state index contributed by atoms with van der Waals surface area (Å²) in [6.07, 6.45) is 2.20. The van der Waals surface area contributed by atoms with E-state index < -0.39 is 0 Å². The average Bonchev–Trinajstić information content (AvgIpc) is 2.99. The number of epoxide rings is 1. The van der Waals surface area contributed by atoms with Crippen LogP contribution in [-0.4, -0.2) is 17.6 Å². The lowest BCUT2D eigenvalue weighted by molar-refractivity contribution is -0.384. The minimum Gasteiger partial charge on any atom is -0.373 e. The van der Waals surface area contributed by atoms with Crippen molar-refractivity contribution in [1.82, 2.24) is 0 Å². The second-order valence-corrected chi connectivity index (χ2v) is 3.42. The van der Waals surface area contributed by atoms with Crippen molar-refractivity contribution in [2.45, 2.75) is 18.9 Å². The number of rotatable bonds is 4. The van der Waals surface area contributed by atoms with Crippen LogP contribution in [0, 0.1) is 10.1 Å². The van der Waals surface area contributed by atoms with Crippen molar-refractivity contribution in [1.29, 1.82) is 0 Å². The molecule has 1 heterocycles. The lowest BCUT2D eigenvalue weighted by Crippen LogP contribution is -1.93. The van der Waals surface area contributed by atoms with E-state index in [2.05, 4.69) is 0 Å². The fraction of sp³-hybridized carbons (Fsp3) is 0.400. The van der Waals surface area contributed by atoms with Gasteiger partial charge in [0, 0.05) is 12.1 Å².